The maximum Gasteiger partial charge on any atom is 0.413 e. The van der Waals surface area contributed by atoms with E-state index in [0.29, 0.717) is 22.6 Å². The lowest BCUT2D eigenvalue weighted by atomic mass is 10.0. The van der Waals surface area contributed by atoms with Gasteiger partial charge in [-0.15, -0.1) is 11.8 Å². The van der Waals surface area contributed by atoms with E-state index in [4.69, 9.17) is 38.7 Å². The number of esters is 1. The minimum atomic E-state index is -1.37. The van der Waals surface area contributed by atoms with Crippen LogP contribution in [0.5, 0.6) is 5.75 Å². The third-order valence-corrected chi connectivity index (χ3v) is 11.9. The number of hydrogen-bond donors (Lipinski definition) is 3. The molecule has 22 heteroatoms. The molecule has 3 aromatic heterocycles. The summed E-state index contributed by atoms with van der Waals surface area (Å²) in [6, 6.07) is 11.9. The van der Waals surface area contributed by atoms with E-state index in [9.17, 15) is 24.0 Å². The molecule has 326 valence electrons. The smallest absolute Gasteiger partial charge is 0.413 e. The highest BCUT2D eigenvalue weighted by Crippen LogP contribution is 2.41. The summed E-state index contributed by atoms with van der Waals surface area (Å²) in [6.07, 6.45) is 2.67. The van der Waals surface area contributed by atoms with E-state index in [1.807, 2.05) is 42.2 Å². The number of carbonyl (C=O) groups is 5. The number of β-lactam (4-membered cyclic amide) rings is 1. The molecule has 0 saturated carbocycles. The van der Waals surface area contributed by atoms with Gasteiger partial charge in [0.1, 0.15) is 50.6 Å². The highest BCUT2D eigenvalue weighted by Gasteiger charge is 2.55. The summed E-state index contributed by atoms with van der Waals surface area (Å²) in [5.41, 5.74) is 1.77. The second-order valence-corrected chi connectivity index (χ2v) is 17.7. The number of aryl methyl sites for hydroxylation is 1. The van der Waals surface area contributed by atoms with Gasteiger partial charge in [-0.05, 0) is 71.5 Å². The van der Waals surface area contributed by atoms with Gasteiger partial charge in [0.05, 0.1) is 7.11 Å². The number of anilines is 1. The fraction of sp³-hybridized carbons (Fsp3) is 0.400. The van der Waals surface area contributed by atoms with Gasteiger partial charge in [-0.1, -0.05) is 40.2 Å². The van der Waals surface area contributed by atoms with E-state index in [2.05, 4.69) is 35.3 Å². The average Bonchev–Trinajstić information content (AvgIpc) is 3.83. The van der Waals surface area contributed by atoms with Crippen molar-refractivity contribution < 1.29 is 52.2 Å². The van der Waals surface area contributed by atoms with Crippen LogP contribution in [-0.4, -0.2) is 108 Å². The molecule has 3 atom stereocenters. The molecule has 1 saturated heterocycles. The van der Waals surface area contributed by atoms with Gasteiger partial charge in [0.15, 0.2) is 23.6 Å². The molecule has 2 unspecified atom stereocenters. The molecular weight excluding hydrogens is 863 g/mol. The maximum atomic E-state index is 14.2. The van der Waals surface area contributed by atoms with Crippen LogP contribution in [0.15, 0.2) is 71.3 Å². The number of rotatable bonds is 17. The second-order valence-electron chi connectivity index (χ2n) is 15.0. The SMILES string of the molecule is [B]OC(=O)[C@H](C)ON=C(C(=O)NC1C(=O)N2C(C(=O)OCc3ccc(OC)cc3)=C(C[n+]3cccc4c3ccn4CCCNC)CSC12)c1nc(NC(=O)OC(C)(C)C)sc1Cl. The first-order valence-corrected chi connectivity index (χ1v) is 21.6. The Balaban J connectivity index is 1.28. The lowest BCUT2D eigenvalue weighted by molar-refractivity contribution is -0.663. The van der Waals surface area contributed by atoms with Crippen LogP contribution < -0.4 is 25.3 Å². The van der Waals surface area contributed by atoms with Crippen LogP contribution >= 0.6 is 34.7 Å². The molecule has 2 radical (unpaired) electrons. The monoisotopic (exact) mass is 907 g/mol. The molecule has 5 heterocycles. The molecule has 0 bridgehead atoms. The normalized spacial score (nSPS) is 16.9. The van der Waals surface area contributed by atoms with E-state index in [1.165, 1.54) is 23.6 Å². The van der Waals surface area contributed by atoms with Crippen molar-refractivity contribution in [1.29, 1.82) is 0 Å². The van der Waals surface area contributed by atoms with Gasteiger partial charge in [0.2, 0.25) is 11.6 Å². The fourth-order valence-corrected chi connectivity index (χ4v) is 8.84. The second kappa shape index (κ2) is 20.0. The quantitative estimate of drug-likeness (QED) is 0.0263. The van der Waals surface area contributed by atoms with E-state index in [0.717, 1.165) is 41.9 Å². The van der Waals surface area contributed by atoms with Gasteiger partial charge in [0.25, 0.3) is 11.8 Å². The van der Waals surface area contributed by atoms with E-state index >= 15 is 0 Å². The summed E-state index contributed by atoms with van der Waals surface area (Å²) < 4.78 is 24.7. The molecule has 3 N–H and O–H groups in total. The molecule has 2 aliphatic rings. The topological polar surface area (TPSA) is 205 Å². The molecule has 1 aromatic carbocycles. The van der Waals surface area contributed by atoms with Gasteiger partial charge < -0.3 is 38.9 Å². The van der Waals surface area contributed by atoms with Crippen LogP contribution in [0.2, 0.25) is 4.34 Å². The first-order valence-electron chi connectivity index (χ1n) is 19.3. The van der Waals surface area contributed by atoms with E-state index in [1.54, 1.807) is 52.1 Å². The van der Waals surface area contributed by atoms with Gasteiger partial charge in [-0.2, -0.15) is 4.57 Å². The van der Waals surface area contributed by atoms with E-state index in [-0.39, 0.29) is 34.0 Å². The van der Waals surface area contributed by atoms with Crippen molar-refractivity contribution in [3.63, 3.8) is 0 Å². The van der Waals surface area contributed by atoms with Crippen molar-refractivity contribution in [2.24, 2.45) is 5.16 Å². The molecule has 4 aromatic rings. The Kier molecular flexibility index (Phi) is 14.8. The molecule has 0 aliphatic carbocycles. The Morgan fingerprint density at radius 1 is 1.15 bits per heavy atom. The van der Waals surface area contributed by atoms with Crippen LogP contribution in [0.25, 0.3) is 11.0 Å². The number of fused-ring (bicyclic) bond motifs is 2. The summed E-state index contributed by atoms with van der Waals surface area (Å²) in [4.78, 5) is 77.7. The number of carbonyl (C=O) groups excluding carboxylic acids is 5. The number of nitrogens with zero attached hydrogens (tertiary/aromatic N) is 5. The standard InChI is InChI=1S/C40H44BClN8O10S2/c1-22(36(53)59-41)60-47-29(28-32(42)62-38(45-28)46-39(55)58-40(2,3)4)33(51)44-30-34(52)50-31(37(54)57-20-23-10-12-25(56-6)13-11-23)24(21-61-35(30)50)19-49-16-7-9-26-27(49)14-18-48(26)17-8-15-43-5/h7,9-14,16,18,22,30,35,43H,8,15,17,19-21H2,1-6H3,(H-,44,45,46,51,55)/p+1/t22-,30?,35?/m0/s1. The Bertz CT molecular complexity index is 2400. The van der Waals surface area contributed by atoms with Gasteiger partial charge in [-0.3, -0.25) is 19.8 Å². The number of amides is 3. The number of aromatic nitrogens is 3. The van der Waals surface area contributed by atoms with Crippen LogP contribution in [0.4, 0.5) is 9.93 Å². The predicted molar refractivity (Wildman–Crippen MR) is 231 cm³/mol. The molecule has 0 spiro atoms. The Morgan fingerprint density at radius 2 is 1.90 bits per heavy atom. The molecular formula is C40H45BClN8O10S2+. The molecule has 2 aliphatic heterocycles. The molecule has 6 rings (SSSR count). The fourth-order valence-electron chi connectivity index (χ4n) is 6.48. The highest BCUT2D eigenvalue weighted by atomic mass is 35.5. The Hall–Kier alpha value is -5.64. The summed E-state index contributed by atoms with van der Waals surface area (Å²) >= 11 is 8.65. The lowest BCUT2D eigenvalue weighted by Crippen LogP contribution is -2.71. The predicted octanol–water partition coefficient (Wildman–Crippen LogP) is 3.84. The van der Waals surface area contributed by atoms with Gasteiger partial charge >= 0.3 is 26.1 Å². The zero-order valence-corrected chi connectivity index (χ0v) is 37.2. The number of benzene rings is 1. The zero-order valence-electron chi connectivity index (χ0n) is 34.8. The minimum Gasteiger partial charge on any atom is -0.541 e. The Morgan fingerprint density at radius 3 is 2.60 bits per heavy atom. The van der Waals surface area contributed by atoms with Crippen molar-refractivity contribution in [1.82, 2.24) is 25.1 Å². The summed E-state index contributed by atoms with van der Waals surface area (Å²) in [7, 11) is 8.46. The van der Waals surface area contributed by atoms with Gasteiger partial charge in [0, 0.05) is 36.2 Å². The number of methoxy groups -OCH3 is 1. The molecule has 3 amide bonds. The van der Waals surface area contributed by atoms with E-state index < -0.39 is 58.7 Å². The van der Waals surface area contributed by atoms with Crippen molar-refractivity contribution in [3.05, 3.63) is 81.7 Å². The lowest BCUT2D eigenvalue weighted by Gasteiger charge is -2.49. The number of thiazole rings is 1. The average molecular weight is 908 g/mol. The number of nitrogens with one attached hydrogen (secondary N) is 3. The number of halogens is 1. The number of pyridine rings is 1. The first kappa shape index (κ1) is 45.9. The summed E-state index contributed by atoms with van der Waals surface area (Å²) in [6.45, 7) is 8.18. The third kappa shape index (κ3) is 10.7. The molecule has 1 fully saturated rings. The molecule has 18 nitrogen and oxygen atoms in total. The van der Waals surface area contributed by atoms with Crippen molar-refractivity contribution >= 4 is 94.5 Å². The molecule has 62 heavy (non-hydrogen) atoms. The number of ether oxygens (including phenoxy) is 3. The van der Waals surface area contributed by atoms with Crippen molar-refractivity contribution in [2.75, 3.05) is 31.8 Å². The minimum absolute atomic E-state index is 0.0442. The van der Waals surface area contributed by atoms with Crippen LogP contribution in [0, 0.1) is 0 Å². The number of oxime groups is 1. The third-order valence-electron chi connectivity index (χ3n) is 9.44. The summed E-state index contributed by atoms with van der Waals surface area (Å²) in [5, 5.41) is 11.4. The van der Waals surface area contributed by atoms with Crippen LogP contribution in [-0.2, 0) is 57.8 Å². The van der Waals surface area contributed by atoms with Crippen molar-refractivity contribution in [2.45, 2.75) is 76.9 Å². The van der Waals surface area contributed by atoms with Crippen LogP contribution in [0.1, 0.15) is 45.4 Å². The highest BCUT2D eigenvalue weighted by molar-refractivity contribution is 8.00. The maximum absolute atomic E-state index is 14.2. The van der Waals surface area contributed by atoms with Gasteiger partial charge in [-0.25, -0.2) is 19.4 Å². The van der Waals surface area contributed by atoms with Crippen molar-refractivity contribution in [3.8, 4) is 5.75 Å². The first-order chi connectivity index (χ1) is 29.6. The number of hydrogen-bond acceptors (Lipinski definition) is 15. The Labute approximate surface area is 371 Å². The summed E-state index contributed by atoms with van der Waals surface area (Å²) in [5.74, 6) is -2.33. The largest absolute Gasteiger partial charge is 0.541 e. The van der Waals surface area contributed by atoms with Crippen LogP contribution in [0.3, 0.4) is 0 Å². The zero-order chi connectivity index (χ0) is 44.7. The number of thioether (sulfide) groups is 1.